The van der Waals surface area contributed by atoms with Gasteiger partial charge < -0.3 is 5.73 Å². The summed E-state index contributed by atoms with van der Waals surface area (Å²) >= 11 is 6.20. The molecule has 0 atom stereocenters. The largest absolute Gasteiger partial charge is 0.382 e. The molecule has 2 aromatic heterocycles. The van der Waals surface area contributed by atoms with Gasteiger partial charge >= 0.3 is 0 Å². The molecule has 106 valence electrons. The number of aromatic nitrogens is 2. The number of hydrogen-bond acceptors (Lipinski definition) is 3. The van der Waals surface area contributed by atoms with E-state index in [4.69, 9.17) is 17.3 Å². The molecular formula is C18H12ClN3. The lowest BCUT2D eigenvalue weighted by Gasteiger charge is -2.11. The predicted octanol–water partition coefficient (Wildman–Crippen LogP) is 4.69. The van der Waals surface area contributed by atoms with E-state index in [0.29, 0.717) is 16.5 Å². The van der Waals surface area contributed by atoms with Crippen molar-refractivity contribution in [1.82, 2.24) is 9.97 Å². The van der Waals surface area contributed by atoms with Crippen molar-refractivity contribution in [2.45, 2.75) is 0 Å². The number of nitrogen functional groups attached to an aromatic ring is 1. The average Bonchev–Trinajstić information content (AvgIpc) is 2.55. The van der Waals surface area contributed by atoms with Crippen LogP contribution in [-0.2, 0) is 0 Å². The van der Waals surface area contributed by atoms with Crippen molar-refractivity contribution in [3.8, 4) is 11.1 Å². The molecule has 0 saturated carbocycles. The van der Waals surface area contributed by atoms with Crippen molar-refractivity contribution >= 4 is 39.2 Å². The van der Waals surface area contributed by atoms with Gasteiger partial charge in [0, 0.05) is 10.8 Å². The molecule has 0 radical (unpaired) electrons. The highest BCUT2D eigenvalue weighted by Crippen LogP contribution is 2.36. The summed E-state index contributed by atoms with van der Waals surface area (Å²) in [5, 5.41) is 2.42. The van der Waals surface area contributed by atoms with Gasteiger partial charge in [-0.3, -0.25) is 0 Å². The maximum atomic E-state index is 6.20. The van der Waals surface area contributed by atoms with E-state index in [0.717, 1.165) is 27.4 Å². The van der Waals surface area contributed by atoms with E-state index in [1.165, 1.54) is 0 Å². The Morgan fingerprint density at radius 2 is 1.59 bits per heavy atom. The smallest absolute Gasteiger partial charge is 0.150 e. The van der Waals surface area contributed by atoms with Crippen molar-refractivity contribution in [3.63, 3.8) is 0 Å². The molecule has 0 amide bonds. The van der Waals surface area contributed by atoms with Crippen LogP contribution in [0.15, 0.2) is 60.7 Å². The van der Waals surface area contributed by atoms with Crippen LogP contribution in [0.4, 0.5) is 5.82 Å². The molecule has 0 spiro atoms. The van der Waals surface area contributed by atoms with Gasteiger partial charge in [-0.1, -0.05) is 60.1 Å². The van der Waals surface area contributed by atoms with Crippen molar-refractivity contribution in [3.05, 3.63) is 65.8 Å². The zero-order valence-electron chi connectivity index (χ0n) is 11.6. The summed E-state index contributed by atoms with van der Waals surface area (Å²) in [6.07, 6.45) is 0. The minimum Gasteiger partial charge on any atom is -0.382 e. The van der Waals surface area contributed by atoms with E-state index in [2.05, 4.69) is 22.1 Å². The summed E-state index contributed by atoms with van der Waals surface area (Å²) in [4.78, 5) is 8.83. The molecule has 0 saturated heterocycles. The number of para-hydroxylation sites is 1. The van der Waals surface area contributed by atoms with E-state index in [9.17, 15) is 0 Å². The molecule has 2 aromatic carbocycles. The average molecular weight is 306 g/mol. The van der Waals surface area contributed by atoms with E-state index < -0.39 is 0 Å². The van der Waals surface area contributed by atoms with Crippen LogP contribution >= 0.6 is 11.6 Å². The summed E-state index contributed by atoms with van der Waals surface area (Å²) in [6.45, 7) is 0. The summed E-state index contributed by atoms with van der Waals surface area (Å²) in [5.74, 6) is 0.397. The third-order valence-electron chi connectivity index (χ3n) is 3.73. The number of rotatable bonds is 1. The number of hydrogen-bond donors (Lipinski definition) is 1. The molecule has 0 aliphatic carbocycles. The molecule has 2 heterocycles. The Morgan fingerprint density at radius 1 is 0.864 bits per heavy atom. The van der Waals surface area contributed by atoms with Crippen molar-refractivity contribution in [2.75, 3.05) is 5.73 Å². The number of nitrogens with zero attached hydrogens (tertiary/aromatic N) is 2. The third-order valence-corrected chi connectivity index (χ3v) is 3.92. The van der Waals surface area contributed by atoms with Gasteiger partial charge in [0.15, 0.2) is 5.82 Å². The Morgan fingerprint density at radius 3 is 2.41 bits per heavy atom. The molecule has 0 unspecified atom stereocenters. The van der Waals surface area contributed by atoms with E-state index in [1.54, 1.807) is 0 Å². The van der Waals surface area contributed by atoms with Crippen LogP contribution in [0.5, 0.6) is 0 Å². The number of anilines is 1. The standard InChI is InChI=1S/C18H12ClN3/c19-15-10-13(11-6-2-1-3-7-11)16-12-8-4-5-9-14(12)21-18(20)17(16)22-15/h1-10H,(H2,20,21). The van der Waals surface area contributed by atoms with Crippen LogP contribution in [0.1, 0.15) is 0 Å². The topological polar surface area (TPSA) is 51.8 Å². The van der Waals surface area contributed by atoms with Crippen molar-refractivity contribution < 1.29 is 0 Å². The zero-order valence-corrected chi connectivity index (χ0v) is 12.4. The lowest BCUT2D eigenvalue weighted by atomic mass is 9.98. The SMILES string of the molecule is Nc1nc2ccccc2c2c(-c3ccccc3)cc(Cl)nc12. The summed E-state index contributed by atoms with van der Waals surface area (Å²) in [5.41, 5.74) is 9.70. The summed E-state index contributed by atoms with van der Waals surface area (Å²) in [7, 11) is 0. The van der Waals surface area contributed by atoms with Crippen LogP contribution in [0.3, 0.4) is 0 Å². The quantitative estimate of drug-likeness (QED) is 0.410. The van der Waals surface area contributed by atoms with Crippen LogP contribution < -0.4 is 5.73 Å². The first-order chi connectivity index (χ1) is 10.7. The highest BCUT2D eigenvalue weighted by Gasteiger charge is 2.14. The molecule has 3 nitrogen and oxygen atoms in total. The molecular weight excluding hydrogens is 294 g/mol. The van der Waals surface area contributed by atoms with Gasteiger partial charge in [0.05, 0.1) is 5.52 Å². The first-order valence-corrected chi connectivity index (χ1v) is 7.32. The predicted molar refractivity (Wildman–Crippen MR) is 91.9 cm³/mol. The summed E-state index contributed by atoms with van der Waals surface area (Å²) in [6, 6.07) is 19.9. The Balaban J connectivity index is 2.25. The second kappa shape index (κ2) is 4.97. The molecule has 4 heteroatoms. The maximum absolute atomic E-state index is 6.20. The van der Waals surface area contributed by atoms with E-state index in [-0.39, 0.29) is 0 Å². The Bertz CT molecular complexity index is 997. The van der Waals surface area contributed by atoms with Crippen LogP contribution in [0, 0.1) is 0 Å². The third kappa shape index (κ3) is 1.98. The van der Waals surface area contributed by atoms with Gasteiger partial charge in [0.25, 0.3) is 0 Å². The molecule has 0 aliphatic heterocycles. The van der Waals surface area contributed by atoms with Crippen molar-refractivity contribution in [2.24, 2.45) is 0 Å². The Kier molecular flexibility index (Phi) is 2.94. The second-order valence-electron chi connectivity index (χ2n) is 5.10. The van der Waals surface area contributed by atoms with Gasteiger partial charge in [0.1, 0.15) is 10.7 Å². The number of halogens is 1. The fourth-order valence-electron chi connectivity index (χ4n) is 2.78. The lowest BCUT2D eigenvalue weighted by Crippen LogP contribution is -1.97. The second-order valence-corrected chi connectivity index (χ2v) is 5.48. The zero-order chi connectivity index (χ0) is 15.1. The monoisotopic (exact) mass is 305 g/mol. The Labute approximate surface area is 132 Å². The maximum Gasteiger partial charge on any atom is 0.150 e. The highest BCUT2D eigenvalue weighted by atomic mass is 35.5. The lowest BCUT2D eigenvalue weighted by molar-refractivity contribution is 1.36. The number of fused-ring (bicyclic) bond motifs is 3. The number of nitrogens with two attached hydrogens (primary N) is 1. The molecule has 0 bridgehead atoms. The van der Waals surface area contributed by atoms with Gasteiger partial charge in [-0.05, 0) is 23.3 Å². The molecule has 4 aromatic rings. The van der Waals surface area contributed by atoms with Crippen LogP contribution in [-0.4, -0.2) is 9.97 Å². The van der Waals surface area contributed by atoms with E-state index in [1.807, 2.05) is 48.5 Å². The molecule has 22 heavy (non-hydrogen) atoms. The first-order valence-electron chi connectivity index (χ1n) is 6.94. The summed E-state index contributed by atoms with van der Waals surface area (Å²) < 4.78 is 0. The normalized spacial score (nSPS) is 11.1. The van der Waals surface area contributed by atoms with E-state index >= 15 is 0 Å². The Hall–Kier alpha value is -2.65. The minimum absolute atomic E-state index is 0.397. The molecule has 2 N–H and O–H groups in total. The van der Waals surface area contributed by atoms with Crippen LogP contribution in [0.2, 0.25) is 5.15 Å². The molecule has 0 aliphatic rings. The van der Waals surface area contributed by atoms with Gasteiger partial charge in [-0.15, -0.1) is 0 Å². The van der Waals surface area contributed by atoms with Crippen LogP contribution in [0.25, 0.3) is 32.9 Å². The number of pyridine rings is 2. The molecule has 0 fully saturated rings. The first kappa shape index (κ1) is 13.0. The minimum atomic E-state index is 0.397. The fraction of sp³-hybridized carbons (Fsp3) is 0. The van der Waals surface area contributed by atoms with Crippen molar-refractivity contribution in [1.29, 1.82) is 0 Å². The van der Waals surface area contributed by atoms with Gasteiger partial charge in [-0.25, -0.2) is 9.97 Å². The fourth-order valence-corrected chi connectivity index (χ4v) is 2.98. The van der Waals surface area contributed by atoms with Gasteiger partial charge in [-0.2, -0.15) is 0 Å². The highest BCUT2D eigenvalue weighted by molar-refractivity contribution is 6.31. The van der Waals surface area contributed by atoms with Gasteiger partial charge in [0.2, 0.25) is 0 Å². The molecule has 4 rings (SSSR count). The number of benzene rings is 2.